The maximum atomic E-state index is 2.21. The molecule has 0 aliphatic heterocycles. The lowest BCUT2D eigenvalue weighted by Gasteiger charge is -2.32. The Morgan fingerprint density at radius 1 is 0.444 bits per heavy atom. The van der Waals surface area contributed by atoms with E-state index in [-0.39, 0.29) is 0 Å². The molecule has 0 spiro atoms. The van der Waals surface area contributed by atoms with Crippen molar-refractivity contribution in [3.8, 4) is 0 Å². The summed E-state index contributed by atoms with van der Waals surface area (Å²) < 4.78 is 0. The van der Waals surface area contributed by atoms with E-state index in [0.717, 1.165) is 0 Å². The molecule has 0 saturated carbocycles. The Morgan fingerprint density at radius 3 is 1.06 bits per heavy atom. The van der Waals surface area contributed by atoms with Crippen molar-refractivity contribution in [3.05, 3.63) is 16.7 Å². The molecule has 1 rings (SSSR count). The monoisotopic (exact) mass is 249 g/mol. The van der Waals surface area contributed by atoms with Crippen molar-refractivity contribution in [3.63, 3.8) is 0 Å². The third-order valence-corrected chi connectivity index (χ3v) is 3.55. The zero-order valence-electron chi connectivity index (χ0n) is 13.3. The Morgan fingerprint density at radius 2 is 0.722 bits per heavy atom. The van der Waals surface area contributed by atoms with E-state index in [1.165, 1.54) is 33.8 Å². The normalized spacial score (nSPS) is 10.5. The van der Waals surface area contributed by atoms with E-state index in [9.17, 15) is 0 Å². The first-order valence-corrected chi connectivity index (χ1v) is 6.35. The zero-order chi connectivity index (χ0) is 14.2. The van der Waals surface area contributed by atoms with Gasteiger partial charge in [-0.15, -0.1) is 0 Å². The third kappa shape index (κ3) is 2.26. The van der Waals surface area contributed by atoms with Crippen LogP contribution in [0.5, 0.6) is 0 Å². The molecule has 102 valence electrons. The first-order chi connectivity index (χ1) is 8.20. The van der Waals surface area contributed by atoms with Gasteiger partial charge >= 0.3 is 0 Å². The first kappa shape index (κ1) is 14.7. The Kier molecular flexibility index (Phi) is 4.15. The molecule has 0 bridgehead atoms. The first-order valence-electron chi connectivity index (χ1n) is 6.35. The van der Waals surface area contributed by atoms with Gasteiger partial charge in [0.15, 0.2) is 0 Å². The average Bonchev–Trinajstić information content (AvgIpc) is 2.21. The number of anilines is 3. The molecule has 0 unspecified atom stereocenters. The lowest BCUT2D eigenvalue weighted by Crippen LogP contribution is -2.22. The van der Waals surface area contributed by atoms with Crippen LogP contribution in [0.3, 0.4) is 0 Å². The molecule has 1 aromatic carbocycles. The van der Waals surface area contributed by atoms with Crippen LogP contribution in [0.2, 0.25) is 0 Å². The van der Waals surface area contributed by atoms with Crippen LogP contribution in [0, 0.1) is 20.8 Å². The van der Waals surface area contributed by atoms with E-state index in [0.29, 0.717) is 0 Å². The number of hydrogen-bond acceptors (Lipinski definition) is 3. The Labute approximate surface area is 112 Å². The summed E-state index contributed by atoms with van der Waals surface area (Å²) in [5.74, 6) is 0. The third-order valence-electron chi connectivity index (χ3n) is 3.55. The molecule has 0 aliphatic carbocycles. The van der Waals surface area contributed by atoms with Gasteiger partial charge in [-0.3, -0.25) is 0 Å². The lowest BCUT2D eigenvalue weighted by atomic mass is 9.97. The summed E-state index contributed by atoms with van der Waals surface area (Å²) in [6.07, 6.45) is 0. The van der Waals surface area contributed by atoms with Crippen LogP contribution in [0.15, 0.2) is 0 Å². The summed E-state index contributed by atoms with van der Waals surface area (Å²) in [6.45, 7) is 6.64. The fraction of sp³-hybridized carbons (Fsp3) is 0.600. The summed E-state index contributed by atoms with van der Waals surface area (Å²) in [4.78, 5) is 6.64. The molecule has 1 aromatic rings. The van der Waals surface area contributed by atoms with Crippen LogP contribution in [0.1, 0.15) is 16.7 Å². The maximum Gasteiger partial charge on any atom is 0.0652 e. The van der Waals surface area contributed by atoms with Gasteiger partial charge in [0.25, 0.3) is 0 Å². The van der Waals surface area contributed by atoms with E-state index in [2.05, 4.69) is 77.8 Å². The van der Waals surface area contributed by atoms with Crippen LogP contribution >= 0.6 is 0 Å². The van der Waals surface area contributed by atoms with Crippen LogP contribution in [0.4, 0.5) is 17.1 Å². The minimum Gasteiger partial charge on any atom is -0.377 e. The highest BCUT2D eigenvalue weighted by atomic mass is 15.2. The molecule has 3 nitrogen and oxygen atoms in total. The number of benzene rings is 1. The van der Waals surface area contributed by atoms with Gasteiger partial charge in [-0.1, -0.05) is 0 Å². The van der Waals surface area contributed by atoms with E-state index in [1.54, 1.807) is 0 Å². The van der Waals surface area contributed by atoms with Crippen molar-refractivity contribution < 1.29 is 0 Å². The number of nitrogens with zero attached hydrogens (tertiary/aromatic N) is 3. The molecule has 0 N–H and O–H groups in total. The van der Waals surface area contributed by atoms with Crippen molar-refractivity contribution in [1.82, 2.24) is 0 Å². The second-order valence-corrected chi connectivity index (χ2v) is 5.60. The summed E-state index contributed by atoms with van der Waals surface area (Å²) >= 11 is 0. The smallest absolute Gasteiger partial charge is 0.0652 e. The van der Waals surface area contributed by atoms with Crippen LogP contribution in [-0.4, -0.2) is 42.3 Å². The molecule has 0 heterocycles. The van der Waals surface area contributed by atoms with Gasteiger partial charge in [-0.25, -0.2) is 0 Å². The van der Waals surface area contributed by atoms with Gasteiger partial charge < -0.3 is 14.7 Å². The standard InChI is InChI=1S/C15H27N3/c1-10-11(2)14(17(6)7)15(18(8)9)12(3)13(10)16(4)5/h1-9H3. The van der Waals surface area contributed by atoms with Gasteiger partial charge in [0.2, 0.25) is 0 Å². The largest absolute Gasteiger partial charge is 0.377 e. The fourth-order valence-electron chi connectivity index (χ4n) is 2.87. The highest BCUT2D eigenvalue weighted by molar-refractivity contribution is 5.85. The number of hydrogen-bond donors (Lipinski definition) is 0. The Hall–Kier alpha value is -1.38. The molecular weight excluding hydrogens is 222 g/mol. The minimum atomic E-state index is 1.31. The quantitative estimate of drug-likeness (QED) is 0.815. The van der Waals surface area contributed by atoms with E-state index < -0.39 is 0 Å². The Balaban J connectivity index is 3.76. The second-order valence-electron chi connectivity index (χ2n) is 5.60. The van der Waals surface area contributed by atoms with Gasteiger partial charge in [-0.05, 0) is 37.5 Å². The van der Waals surface area contributed by atoms with Crippen LogP contribution in [0.25, 0.3) is 0 Å². The lowest BCUT2D eigenvalue weighted by molar-refractivity contribution is 1.02. The summed E-state index contributed by atoms with van der Waals surface area (Å²) in [6, 6.07) is 0. The molecule has 0 aliphatic rings. The van der Waals surface area contributed by atoms with Gasteiger partial charge in [0.05, 0.1) is 11.4 Å². The zero-order valence-corrected chi connectivity index (χ0v) is 13.3. The predicted molar refractivity (Wildman–Crippen MR) is 83.6 cm³/mol. The number of rotatable bonds is 3. The second kappa shape index (κ2) is 5.09. The topological polar surface area (TPSA) is 9.72 Å². The molecular formula is C15H27N3. The van der Waals surface area contributed by atoms with Gasteiger partial charge in [0, 0.05) is 48.0 Å². The summed E-state index contributed by atoms with van der Waals surface area (Å²) in [5, 5.41) is 0. The van der Waals surface area contributed by atoms with Crippen molar-refractivity contribution in [2.24, 2.45) is 0 Å². The van der Waals surface area contributed by atoms with E-state index in [1.807, 2.05) is 0 Å². The molecule has 18 heavy (non-hydrogen) atoms. The maximum absolute atomic E-state index is 2.21. The molecule has 0 fully saturated rings. The van der Waals surface area contributed by atoms with Crippen molar-refractivity contribution in [2.75, 3.05) is 57.0 Å². The molecule has 0 saturated heterocycles. The van der Waals surface area contributed by atoms with Crippen molar-refractivity contribution >= 4 is 17.1 Å². The highest BCUT2D eigenvalue weighted by Gasteiger charge is 2.20. The molecule has 0 radical (unpaired) electrons. The van der Waals surface area contributed by atoms with Gasteiger partial charge in [-0.2, -0.15) is 0 Å². The van der Waals surface area contributed by atoms with Crippen LogP contribution < -0.4 is 14.7 Å². The SMILES string of the molecule is Cc1c(C)c(N(C)C)c(N(C)C)c(C)c1N(C)C. The molecule has 3 heteroatoms. The fourth-order valence-corrected chi connectivity index (χ4v) is 2.87. The molecule has 0 atom stereocenters. The highest BCUT2D eigenvalue weighted by Crippen LogP contribution is 2.42. The van der Waals surface area contributed by atoms with E-state index in [4.69, 9.17) is 0 Å². The van der Waals surface area contributed by atoms with Crippen LogP contribution in [-0.2, 0) is 0 Å². The average molecular weight is 249 g/mol. The molecule has 0 aromatic heterocycles. The van der Waals surface area contributed by atoms with Crippen molar-refractivity contribution in [1.29, 1.82) is 0 Å². The van der Waals surface area contributed by atoms with Gasteiger partial charge in [0.1, 0.15) is 0 Å². The van der Waals surface area contributed by atoms with E-state index >= 15 is 0 Å². The summed E-state index contributed by atoms with van der Waals surface area (Å²) in [7, 11) is 12.7. The molecule has 0 amide bonds. The summed E-state index contributed by atoms with van der Waals surface area (Å²) in [5.41, 5.74) is 8.04. The van der Waals surface area contributed by atoms with Crippen molar-refractivity contribution in [2.45, 2.75) is 20.8 Å². The Bertz CT molecular complexity index is 446. The predicted octanol–water partition coefficient (Wildman–Crippen LogP) is 2.81. The minimum absolute atomic E-state index is 1.31.